The molecule has 3 N–H and O–H groups in total. The lowest BCUT2D eigenvalue weighted by atomic mass is 9.71. The van der Waals surface area contributed by atoms with Crippen molar-refractivity contribution in [1.29, 1.82) is 0 Å². The van der Waals surface area contributed by atoms with Crippen LogP contribution in [0.4, 0.5) is 0 Å². The number of hydrogen-bond acceptors (Lipinski definition) is 4. The highest BCUT2D eigenvalue weighted by Gasteiger charge is 2.48. The lowest BCUT2D eigenvalue weighted by molar-refractivity contribution is -0.144. The molecule has 1 aromatic carbocycles. The number of aliphatic hydroxyl groups excluding tert-OH is 1. The normalized spacial score (nSPS) is 33.2. The van der Waals surface area contributed by atoms with Crippen molar-refractivity contribution >= 4 is 5.91 Å². The van der Waals surface area contributed by atoms with Gasteiger partial charge < -0.3 is 15.7 Å². The van der Waals surface area contributed by atoms with Crippen molar-refractivity contribution in [2.24, 2.45) is 17.6 Å². The second kappa shape index (κ2) is 7.90. The lowest BCUT2D eigenvalue weighted by Gasteiger charge is -2.57. The van der Waals surface area contributed by atoms with E-state index in [2.05, 4.69) is 35.2 Å². The fraction of sp³-hybridized carbons (Fsp3) is 0.682. The Kier molecular flexibility index (Phi) is 5.53. The molecular formula is C22H33N3O2. The van der Waals surface area contributed by atoms with E-state index in [0.29, 0.717) is 23.9 Å². The highest BCUT2D eigenvalue weighted by Crippen LogP contribution is 2.42. The van der Waals surface area contributed by atoms with Crippen molar-refractivity contribution in [3.05, 3.63) is 35.9 Å². The number of nitrogens with two attached hydrogens (primary N) is 1. The molecule has 3 aliphatic heterocycles. The summed E-state index contributed by atoms with van der Waals surface area (Å²) in [5.74, 6) is 0.951. The summed E-state index contributed by atoms with van der Waals surface area (Å²) in [5.41, 5.74) is 7.36. The molecule has 27 heavy (non-hydrogen) atoms. The van der Waals surface area contributed by atoms with Crippen LogP contribution < -0.4 is 5.73 Å². The molecule has 3 heterocycles. The van der Waals surface area contributed by atoms with Crippen molar-refractivity contribution in [1.82, 2.24) is 9.80 Å². The number of carbonyl (C=O) groups excluding carboxylic acids is 1. The summed E-state index contributed by atoms with van der Waals surface area (Å²) in [4.78, 5) is 17.6. The van der Waals surface area contributed by atoms with Gasteiger partial charge in [0.15, 0.2) is 0 Å². The van der Waals surface area contributed by atoms with Gasteiger partial charge in [0, 0.05) is 25.2 Å². The number of amides is 1. The van der Waals surface area contributed by atoms with E-state index in [-0.39, 0.29) is 5.91 Å². The maximum absolute atomic E-state index is 12.8. The van der Waals surface area contributed by atoms with Gasteiger partial charge in [-0.3, -0.25) is 9.69 Å². The first kappa shape index (κ1) is 18.9. The SMILES string of the molecule is C[C@@H](O)[C@H](N)C(=O)N1C[C@H]2C[C@@H](C1)[C@H](Cc1ccccc1)N1CCCC[C@@H]21. The van der Waals surface area contributed by atoms with Gasteiger partial charge in [-0.15, -0.1) is 0 Å². The van der Waals surface area contributed by atoms with E-state index >= 15 is 0 Å². The molecule has 3 aliphatic rings. The predicted octanol–water partition coefficient (Wildman–Crippen LogP) is 1.64. The summed E-state index contributed by atoms with van der Waals surface area (Å²) in [6.07, 6.45) is 5.29. The second-order valence-corrected chi connectivity index (χ2v) is 8.82. The first-order valence-corrected chi connectivity index (χ1v) is 10.6. The summed E-state index contributed by atoms with van der Waals surface area (Å²) in [5, 5.41) is 9.78. The van der Waals surface area contributed by atoms with Gasteiger partial charge in [0.25, 0.3) is 0 Å². The van der Waals surface area contributed by atoms with Gasteiger partial charge in [0.2, 0.25) is 5.91 Å². The third kappa shape index (κ3) is 3.78. The van der Waals surface area contributed by atoms with E-state index in [0.717, 1.165) is 19.5 Å². The first-order valence-electron chi connectivity index (χ1n) is 10.6. The molecule has 5 nitrogen and oxygen atoms in total. The van der Waals surface area contributed by atoms with Crippen LogP contribution in [0.25, 0.3) is 0 Å². The minimum Gasteiger partial charge on any atom is -0.391 e. The molecule has 148 valence electrons. The van der Waals surface area contributed by atoms with Crippen LogP contribution in [0.1, 0.15) is 38.2 Å². The number of hydrogen-bond donors (Lipinski definition) is 2. The Balaban J connectivity index is 1.57. The number of nitrogens with zero attached hydrogens (tertiary/aromatic N) is 2. The van der Waals surface area contributed by atoms with Gasteiger partial charge in [0.05, 0.1) is 6.10 Å². The Bertz CT molecular complexity index is 650. The zero-order chi connectivity index (χ0) is 19.0. The van der Waals surface area contributed by atoms with Crippen LogP contribution in [0.15, 0.2) is 30.3 Å². The largest absolute Gasteiger partial charge is 0.391 e. The first-order chi connectivity index (χ1) is 13.0. The molecule has 4 rings (SSSR count). The van der Waals surface area contributed by atoms with E-state index in [4.69, 9.17) is 5.73 Å². The van der Waals surface area contributed by atoms with Gasteiger partial charge in [0.1, 0.15) is 6.04 Å². The van der Waals surface area contributed by atoms with Crippen molar-refractivity contribution in [2.45, 2.75) is 63.3 Å². The number of aliphatic hydroxyl groups is 1. The van der Waals surface area contributed by atoms with Gasteiger partial charge in [-0.25, -0.2) is 0 Å². The number of likely N-dealkylation sites (tertiary alicyclic amines) is 1. The van der Waals surface area contributed by atoms with Crippen LogP contribution in [0.5, 0.6) is 0 Å². The fourth-order valence-corrected chi connectivity index (χ4v) is 5.64. The molecule has 1 aromatic rings. The molecule has 0 aliphatic carbocycles. The standard InChI is InChI=1S/C22H33N3O2/c1-15(26)21(23)22(27)24-13-17-12-18(14-24)20(11-16-7-3-2-4-8-16)25-10-6-5-9-19(17)25/h2-4,7-8,15,17-21,26H,5-6,9-14,23H2,1H3/t15-,17-,18+,19+,20+,21+/m1/s1. The zero-order valence-corrected chi connectivity index (χ0v) is 16.3. The van der Waals surface area contributed by atoms with Crippen LogP contribution in [0, 0.1) is 11.8 Å². The molecule has 0 saturated carbocycles. The van der Waals surface area contributed by atoms with Crippen LogP contribution >= 0.6 is 0 Å². The maximum Gasteiger partial charge on any atom is 0.242 e. The molecular weight excluding hydrogens is 338 g/mol. The van der Waals surface area contributed by atoms with Crippen molar-refractivity contribution in [3.8, 4) is 0 Å². The molecule has 3 fully saturated rings. The summed E-state index contributed by atoms with van der Waals surface area (Å²) in [6, 6.07) is 11.0. The van der Waals surface area contributed by atoms with Crippen LogP contribution in [-0.4, -0.2) is 64.7 Å². The van der Waals surface area contributed by atoms with Crippen molar-refractivity contribution in [3.63, 3.8) is 0 Å². The topological polar surface area (TPSA) is 69.8 Å². The number of benzene rings is 1. The molecule has 0 radical (unpaired) electrons. The summed E-state index contributed by atoms with van der Waals surface area (Å²) >= 11 is 0. The van der Waals surface area contributed by atoms with Crippen LogP contribution in [-0.2, 0) is 11.2 Å². The zero-order valence-electron chi connectivity index (χ0n) is 16.3. The molecule has 6 atom stereocenters. The molecule has 3 saturated heterocycles. The molecule has 1 amide bonds. The lowest BCUT2D eigenvalue weighted by Crippen LogP contribution is -2.66. The number of fused-ring (bicyclic) bond motifs is 4. The molecule has 0 unspecified atom stereocenters. The second-order valence-electron chi connectivity index (χ2n) is 8.82. The third-order valence-corrected chi connectivity index (χ3v) is 7.03. The van der Waals surface area contributed by atoms with Crippen LogP contribution in [0.3, 0.4) is 0 Å². The van der Waals surface area contributed by atoms with E-state index in [1.807, 2.05) is 4.90 Å². The Morgan fingerprint density at radius 3 is 2.70 bits per heavy atom. The molecule has 0 spiro atoms. The minimum atomic E-state index is -0.807. The van der Waals surface area contributed by atoms with Crippen LogP contribution in [0.2, 0.25) is 0 Å². The van der Waals surface area contributed by atoms with Gasteiger partial charge >= 0.3 is 0 Å². The van der Waals surface area contributed by atoms with Gasteiger partial charge in [-0.1, -0.05) is 36.8 Å². The number of carbonyl (C=O) groups is 1. The average Bonchev–Trinajstić information content (AvgIpc) is 2.70. The summed E-state index contributed by atoms with van der Waals surface area (Å²) < 4.78 is 0. The monoisotopic (exact) mass is 371 g/mol. The van der Waals surface area contributed by atoms with Gasteiger partial charge in [-0.05, 0) is 56.6 Å². The fourth-order valence-electron chi connectivity index (χ4n) is 5.64. The number of piperidine rings is 3. The minimum absolute atomic E-state index is 0.0811. The third-order valence-electron chi connectivity index (χ3n) is 7.03. The predicted molar refractivity (Wildman–Crippen MR) is 106 cm³/mol. The van der Waals surface area contributed by atoms with E-state index < -0.39 is 12.1 Å². The number of rotatable bonds is 4. The van der Waals surface area contributed by atoms with Gasteiger partial charge in [-0.2, -0.15) is 0 Å². The summed E-state index contributed by atoms with van der Waals surface area (Å²) in [7, 11) is 0. The Labute approximate surface area is 162 Å². The summed E-state index contributed by atoms with van der Waals surface area (Å²) in [6.45, 7) is 4.37. The van der Waals surface area contributed by atoms with Crippen molar-refractivity contribution < 1.29 is 9.90 Å². The maximum atomic E-state index is 12.8. The molecule has 0 aromatic heterocycles. The van der Waals surface area contributed by atoms with E-state index in [1.165, 1.54) is 37.8 Å². The average molecular weight is 372 g/mol. The van der Waals surface area contributed by atoms with E-state index in [9.17, 15) is 9.90 Å². The Morgan fingerprint density at radius 1 is 1.22 bits per heavy atom. The van der Waals surface area contributed by atoms with E-state index in [1.54, 1.807) is 6.92 Å². The van der Waals surface area contributed by atoms with Crippen molar-refractivity contribution in [2.75, 3.05) is 19.6 Å². The highest BCUT2D eigenvalue weighted by atomic mass is 16.3. The quantitative estimate of drug-likeness (QED) is 0.844. The smallest absolute Gasteiger partial charge is 0.242 e. The molecule has 5 heteroatoms. The Morgan fingerprint density at radius 2 is 1.96 bits per heavy atom. The highest BCUT2D eigenvalue weighted by molar-refractivity contribution is 5.82. The Hall–Kier alpha value is -1.43. The molecule has 2 bridgehead atoms.